The van der Waals surface area contributed by atoms with Crippen LogP contribution in [0.4, 0.5) is 0 Å². The molecule has 5 nitrogen and oxygen atoms in total. The molecule has 1 aliphatic heterocycles. The quantitative estimate of drug-likeness (QED) is 0.594. The van der Waals surface area contributed by atoms with Gasteiger partial charge in [-0.25, -0.2) is 4.98 Å². The summed E-state index contributed by atoms with van der Waals surface area (Å²) in [5.74, 6) is 1.54. The fraction of sp³-hybridized carbons (Fsp3) is 0.389. The van der Waals surface area contributed by atoms with Crippen molar-refractivity contribution in [2.24, 2.45) is 0 Å². The first-order valence-electron chi connectivity index (χ1n) is 8.50. The Labute approximate surface area is 166 Å². The summed E-state index contributed by atoms with van der Waals surface area (Å²) in [6, 6.07) is 5.81. The van der Waals surface area contributed by atoms with E-state index in [-0.39, 0.29) is 5.92 Å². The molecule has 3 heterocycles. The predicted octanol–water partition coefficient (Wildman–Crippen LogP) is 5.19. The molecule has 0 N–H and O–H groups in total. The van der Waals surface area contributed by atoms with Gasteiger partial charge in [0, 0.05) is 13.1 Å². The van der Waals surface area contributed by atoms with Crippen molar-refractivity contribution < 1.29 is 4.42 Å². The van der Waals surface area contributed by atoms with E-state index >= 15 is 0 Å². The molecule has 1 fully saturated rings. The lowest BCUT2D eigenvalue weighted by molar-refractivity contribution is 0.186. The maximum atomic E-state index is 6.13. The predicted molar refractivity (Wildman–Crippen MR) is 104 cm³/mol. The van der Waals surface area contributed by atoms with Crippen LogP contribution in [0.2, 0.25) is 10.0 Å². The smallest absolute Gasteiger partial charge is 0.259 e. The Kier molecular flexibility index (Phi) is 5.27. The number of hydrogen-bond acceptors (Lipinski definition) is 6. The fourth-order valence-corrected chi connectivity index (χ4v) is 4.34. The number of nitrogens with zero attached hydrogens (tertiary/aromatic N) is 4. The molecule has 1 atom stereocenters. The van der Waals surface area contributed by atoms with Gasteiger partial charge in [-0.05, 0) is 44.0 Å². The number of aryl methyl sites for hydroxylation is 1. The van der Waals surface area contributed by atoms with Crippen LogP contribution in [-0.2, 0) is 6.54 Å². The minimum atomic E-state index is 0.251. The van der Waals surface area contributed by atoms with Gasteiger partial charge in [0.25, 0.3) is 5.89 Å². The summed E-state index contributed by atoms with van der Waals surface area (Å²) in [6.45, 7) is 4.73. The molecule has 0 radical (unpaired) electrons. The van der Waals surface area contributed by atoms with Crippen LogP contribution in [0, 0.1) is 6.92 Å². The van der Waals surface area contributed by atoms with Gasteiger partial charge in [-0.3, -0.25) is 4.90 Å². The Balaban J connectivity index is 1.46. The van der Waals surface area contributed by atoms with Crippen molar-refractivity contribution in [3.8, 4) is 10.8 Å². The first-order chi connectivity index (χ1) is 12.6. The second-order valence-corrected chi connectivity index (χ2v) is 8.20. The van der Waals surface area contributed by atoms with Gasteiger partial charge in [-0.2, -0.15) is 0 Å². The molecule has 1 saturated heterocycles. The lowest BCUT2D eigenvalue weighted by Crippen LogP contribution is -2.34. The third-order valence-electron chi connectivity index (χ3n) is 4.63. The van der Waals surface area contributed by atoms with E-state index in [1.807, 2.05) is 25.1 Å². The summed E-state index contributed by atoms with van der Waals surface area (Å²) in [5, 5.41) is 9.71. The van der Waals surface area contributed by atoms with Crippen molar-refractivity contribution in [2.75, 3.05) is 13.1 Å². The van der Waals surface area contributed by atoms with Crippen LogP contribution in [0.5, 0.6) is 0 Å². The highest BCUT2D eigenvalue weighted by molar-refractivity contribution is 7.13. The van der Waals surface area contributed by atoms with Gasteiger partial charge in [0.05, 0.1) is 27.2 Å². The monoisotopic (exact) mass is 408 g/mol. The van der Waals surface area contributed by atoms with E-state index in [4.69, 9.17) is 27.6 Å². The molecule has 2 aromatic heterocycles. The number of halogens is 2. The first kappa shape index (κ1) is 17.9. The summed E-state index contributed by atoms with van der Waals surface area (Å²) in [7, 11) is 0. The Hall–Kier alpha value is -1.47. The van der Waals surface area contributed by atoms with E-state index in [2.05, 4.69) is 20.1 Å². The number of likely N-dealkylation sites (tertiary alicyclic amines) is 1. The third kappa shape index (κ3) is 3.78. The molecule has 4 rings (SSSR count). The highest BCUT2D eigenvalue weighted by Gasteiger charge is 2.26. The van der Waals surface area contributed by atoms with E-state index in [1.54, 1.807) is 5.51 Å². The molecule has 136 valence electrons. The molecular formula is C18H18Cl2N4OS. The molecule has 1 aliphatic rings. The highest BCUT2D eigenvalue weighted by Crippen LogP contribution is 2.32. The molecule has 26 heavy (non-hydrogen) atoms. The molecule has 0 spiro atoms. The summed E-state index contributed by atoms with van der Waals surface area (Å²) in [5.41, 5.74) is 3.88. The van der Waals surface area contributed by atoms with Crippen molar-refractivity contribution >= 4 is 34.5 Å². The van der Waals surface area contributed by atoms with E-state index < -0.39 is 0 Å². The topological polar surface area (TPSA) is 55.1 Å². The minimum absolute atomic E-state index is 0.251. The van der Waals surface area contributed by atoms with E-state index in [0.29, 0.717) is 21.8 Å². The summed E-state index contributed by atoms with van der Waals surface area (Å²) < 4.78 is 5.96. The van der Waals surface area contributed by atoms with Gasteiger partial charge in [0.15, 0.2) is 0 Å². The van der Waals surface area contributed by atoms with E-state index in [9.17, 15) is 0 Å². The van der Waals surface area contributed by atoms with Gasteiger partial charge in [-0.15, -0.1) is 21.5 Å². The van der Waals surface area contributed by atoms with Crippen molar-refractivity contribution in [1.82, 2.24) is 20.1 Å². The van der Waals surface area contributed by atoms with Crippen LogP contribution in [0.15, 0.2) is 28.1 Å². The Morgan fingerprint density at radius 3 is 2.92 bits per heavy atom. The van der Waals surface area contributed by atoms with Crippen molar-refractivity contribution in [1.29, 1.82) is 0 Å². The number of rotatable bonds is 4. The molecule has 1 aromatic carbocycles. The number of hydrogen-bond donors (Lipinski definition) is 0. The zero-order valence-electron chi connectivity index (χ0n) is 14.3. The molecule has 0 bridgehead atoms. The number of aromatic nitrogens is 3. The standard InChI is InChI=1S/C18H18Cl2N4OS/c1-11-16(26-10-21-11)18-23-22-17(25-18)13-3-2-6-24(9-13)8-12-4-5-14(19)15(20)7-12/h4-5,7,10,13H,2-3,6,8-9H2,1H3/t13-/m1/s1. The van der Waals surface area contributed by atoms with Crippen LogP contribution in [0.1, 0.15) is 35.9 Å². The molecule has 3 aromatic rings. The van der Waals surface area contributed by atoms with Gasteiger partial charge in [0.1, 0.15) is 4.88 Å². The van der Waals surface area contributed by atoms with E-state index in [1.165, 1.54) is 11.3 Å². The molecule has 0 saturated carbocycles. The Bertz CT molecular complexity index is 910. The van der Waals surface area contributed by atoms with Crippen LogP contribution < -0.4 is 0 Å². The zero-order chi connectivity index (χ0) is 18.1. The Morgan fingerprint density at radius 1 is 1.27 bits per heavy atom. The zero-order valence-corrected chi connectivity index (χ0v) is 16.6. The minimum Gasteiger partial charge on any atom is -0.419 e. The molecule has 0 aliphatic carbocycles. The fourth-order valence-electron chi connectivity index (χ4n) is 3.30. The van der Waals surface area contributed by atoms with Crippen molar-refractivity contribution in [2.45, 2.75) is 32.2 Å². The SMILES string of the molecule is Cc1ncsc1-c1nnc([C@@H]2CCCN(Cc3ccc(Cl)c(Cl)c3)C2)o1. The van der Waals surface area contributed by atoms with Crippen LogP contribution in [0.25, 0.3) is 10.8 Å². The second-order valence-electron chi connectivity index (χ2n) is 6.54. The number of piperidine rings is 1. The Morgan fingerprint density at radius 2 is 2.15 bits per heavy atom. The molecule has 8 heteroatoms. The normalized spacial score (nSPS) is 18.3. The summed E-state index contributed by atoms with van der Waals surface area (Å²) >= 11 is 13.7. The van der Waals surface area contributed by atoms with E-state index in [0.717, 1.165) is 48.6 Å². The lowest BCUT2D eigenvalue weighted by atomic mass is 9.97. The average Bonchev–Trinajstić information content (AvgIpc) is 3.27. The average molecular weight is 409 g/mol. The van der Waals surface area contributed by atoms with Crippen molar-refractivity contribution in [3.63, 3.8) is 0 Å². The van der Waals surface area contributed by atoms with Crippen LogP contribution in [0.3, 0.4) is 0 Å². The molecular weight excluding hydrogens is 391 g/mol. The van der Waals surface area contributed by atoms with Crippen LogP contribution in [-0.4, -0.2) is 33.2 Å². The summed E-state index contributed by atoms with van der Waals surface area (Å²) in [4.78, 5) is 7.60. The number of thiazole rings is 1. The maximum absolute atomic E-state index is 6.13. The lowest BCUT2D eigenvalue weighted by Gasteiger charge is -2.31. The first-order valence-corrected chi connectivity index (χ1v) is 10.1. The maximum Gasteiger partial charge on any atom is 0.259 e. The largest absolute Gasteiger partial charge is 0.419 e. The molecule has 0 unspecified atom stereocenters. The molecule has 0 amide bonds. The van der Waals surface area contributed by atoms with Gasteiger partial charge in [0.2, 0.25) is 5.89 Å². The van der Waals surface area contributed by atoms with Gasteiger partial charge >= 0.3 is 0 Å². The van der Waals surface area contributed by atoms with Gasteiger partial charge < -0.3 is 4.42 Å². The number of benzene rings is 1. The third-order valence-corrected chi connectivity index (χ3v) is 6.28. The van der Waals surface area contributed by atoms with Crippen molar-refractivity contribution in [3.05, 3.63) is 50.9 Å². The second kappa shape index (κ2) is 7.64. The highest BCUT2D eigenvalue weighted by atomic mass is 35.5. The summed E-state index contributed by atoms with van der Waals surface area (Å²) in [6.07, 6.45) is 2.16. The van der Waals surface area contributed by atoms with Crippen LogP contribution >= 0.6 is 34.5 Å². The van der Waals surface area contributed by atoms with Gasteiger partial charge in [-0.1, -0.05) is 29.3 Å².